The Balaban J connectivity index is 2.27. The Morgan fingerprint density at radius 1 is 1.19 bits per heavy atom. The molecule has 0 N–H and O–H groups in total. The fourth-order valence-electron chi connectivity index (χ4n) is 1.62. The van der Waals surface area contributed by atoms with E-state index in [0.29, 0.717) is 11.1 Å². The van der Waals surface area contributed by atoms with Crippen LogP contribution in [0.2, 0.25) is 0 Å². The molecule has 2 aromatic carbocycles. The summed E-state index contributed by atoms with van der Waals surface area (Å²) in [6.45, 7) is 0. The largest absolute Gasteiger partial charge is 0.422 e. The maximum atomic E-state index is 12.0. The molecule has 2 aromatic rings. The molecule has 0 amide bonds. The second-order valence-electron chi connectivity index (χ2n) is 4.04. The number of rotatable bonds is 4. The summed E-state index contributed by atoms with van der Waals surface area (Å²) in [5.41, 5.74) is 0.843. The van der Waals surface area contributed by atoms with E-state index in [1.54, 1.807) is 48.5 Å². The van der Waals surface area contributed by atoms with Crippen LogP contribution >= 0.6 is 15.9 Å². The quantitative estimate of drug-likeness (QED) is 0.364. The van der Waals surface area contributed by atoms with Crippen molar-refractivity contribution in [3.8, 4) is 5.75 Å². The normalized spacial score (nSPS) is 10.5. The Morgan fingerprint density at radius 2 is 1.90 bits per heavy atom. The van der Waals surface area contributed by atoms with Crippen molar-refractivity contribution in [2.75, 3.05) is 0 Å². The van der Waals surface area contributed by atoms with E-state index in [1.807, 2.05) is 0 Å². The molecule has 0 spiro atoms. The van der Waals surface area contributed by atoms with E-state index in [9.17, 15) is 14.9 Å². The second-order valence-corrected chi connectivity index (χ2v) is 4.95. The molecular formula is C15H10BrNO4. The molecule has 0 saturated carbocycles. The second kappa shape index (κ2) is 6.81. The Kier molecular flexibility index (Phi) is 4.84. The number of hydrogen-bond acceptors (Lipinski definition) is 4. The van der Waals surface area contributed by atoms with Crippen molar-refractivity contribution >= 4 is 28.0 Å². The Labute approximate surface area is 129 Å². The van der Waals surface area contributed by atoms with Crippen LogP contribution in [0.5, 0.6) is 5.75 Å². The van der Waals surface area contributed by atoms with E-state index in [4.69, 9.17) is 4.74 Å². The van der Waals surface area contributed by atoms with Crippen LogP contribution in [0.3, 0.4) is 0 Å². The van der Waals surface area contributed by atoms with Gasteiger partial charge in [-0.05, 0) is 30.3 Å². The molecule has 0 fully saturated rings. The SMILES string of the molecule is O=C(Oc1ccc(Br)cc1/C=C/[N+](=O)[O-])c1ccccc1. The van der Waals surface area contributed by atoms with E-state index < -0.39 is 10.9 Å². The number of carbonyl (C=O) groups is 1. The van der Waals surface area contributed by atoms with Crippen molar-refractivity contribution in [3.63, 3.8) is 0 Å². The Hall–Kier alpha value is -2.47. The van der Waals surface area contributed by atoms with Gasteiger partial charge in [0.25, 0.3) is 0 Å². The van der Waals surface area contributed by atoms with Gasteiger partial charge in [-0.25, -0.2) is 4.79 Å². The smallest absolute Gasteiger partial charge is 0.343 e. The molecule has 0 aliphatic carbocycles. The van der Waals surface area contributed by atoms with Crippen molar-refractivity contribution in [1.29, 1.82) is 0 Å². The van der Waals surface area contributed by atoms with Crippen molar-refractivity contribution in [3.05, 3.63) is 80.4 Å². The van der Waals surface area contributed by atoms with Gasteiger partial charge in [0.05, 0.1) is 10.5 Å². The lowest BCUT2D eigenvalue weighted by atomic mass is 10.2. The van der Waals surface area contributed by atoms with Gasteiger partial charge in [0.2, 0.25) is 6.20 Å². The monoisotopic (exact) mass is 347 g/mol. The number of nitro groups is 1. The average molecular weight is 348 g/mol. The van der Waals surface area contributed by atoms with Gasteiger partial charge in [-0.15, -0.1) is 0 Å². The van der Waals surface area contributed by atoms with E-state index in [-0.39, 0.29) is 5.75 Å². The van der Waals surface area contributed by atoms with Gasteiger partial charge in [-0.1, -0.05) is 34.1 Å². The van der Waals surface area contributed by atoms with Crippen molar-refractivity contribution in [2.24, 2.45) is 0 Å². The molecule has 0 saturated heterocycles. The van der Waals surface area contributed by atoms with Crippen LogP contribution in [0.25, 0.3) is 6.08 Å². The van der Waals surface area contributed by atoms with Crippen LogP contribution in [-0.4, -0.2) is 10.9 Å². The summed E-state index contributed by atoms with van der Waals surface area (Å²) in [4.78, 5) is 21.8. The molecule has 0 aromatic heterocycles. The van der Waals surface area contributed by atoms with E-state index in [0.717, 1.165) is 10.7 Å². The lowest BCUT2D eigenvalue weighted by molar-refractivity contribution is -0.400. The topological polar surface area (TPSA) is 69.4 Å². The molecule has 6 heteroatoms. The molecule has 2 rings (SSSR count). The first kappa shape index (κ1) is 14.9. The van der Waals surface area contributed by atoms with Crippen LogP contribution in [-0.2, 0) is 0 Å². The standard InChI is InChI=1S/C15H10BrNO4/c16-13-6-7-14(12(10-13)8-9-17(19)20)21-15(18)11-4-2-1-3-5-11/h1-10H/b9-8+. The van der Waals surface area contributed by atoms with Crippen LogP contribution in [0.15, 0.2) is 59.2 Å². The molecule has 21 heavy (non-hydrogen) atoms. The predicted molar refractivity (Wildman–Crippen MR) is 81.6 cm³/mol. The van der Waals surface area contributed by atoms with Crippen LogP contribution < -0.4 is 4.74 Å². The van der Waals surface area contributed by atoms with Gasteiger partial charge in [0.15, 0.2) is 0 Å². The minimum Gasteiger partial charge on any atom is -0.422 e. The Bertz CT molecular complexity index is 698. The molecule has 0 bridgehead atoms. The number of nitrogens with zero attached hydrogens (tertiary/aromatic N) is 1. The molecule has 0 unspecified atom stereocenters. The summed E-state index contributed by atoms with van der Waals surface area (Å²) in [5.74, 6) is -0.265. The van der Waals surface area contributed by atoms with Gasteiger partial charge in [0, 0.05) is 16.1 Å². The maximum absolute atomic E-state index is 12.0. The third-order valence-corrected chi connectivity index (χ3v) is 3.05. The van der Waals surface area contributed by atoms with E-state index in [2.05, 4.69) is 15.9 Å². The molecular weight excluding hydrogens is 338 g/mol. The molecule has 0 atom stereocenters. The number of esters is 1. The lowest BCUT2D eigenvalue weighted by Gasteiger charge is -2.07. The summed E-state index contributed by atoms with van der Waals surface area (Å²) in [6.07, 6.45) is 2.07. The lowest BCUT2D eigenvalue weighted by Crippen LogP contribution is -2.09. The highest BCUT2D eigenvalue weighted by Crippen LogP contribution is 2.25. The van der Waals surface area contributed by atoms with E-state index >= 15 is 0 Å². The third-order valence-electron chi connectivity index (χ3n) is 2.56. The number of halogens is 1. The van der Waals surface area contributed by atoms with E-state index in [1.165, 1.54) is 6.08 Å². The molecule has 0 aliphatic rings. The molecule has 0 radical (unpaired) electrons. The third kappa shape index (κ3) is 4.25. The minimum absolute atomic E-state index is 0.255. The van der Waals surface area contributed by atoms with Crippen molar-refractivity contribution in [2.45, 2.75) is 0 Å². The summed E-state index contributed by atoms with van der Waals surface area (Å²) >= 11 is 3.27. The van der Waals surface area contributed by atoms with Gasteiger partial charge >= 0.3 is 5.97 Å². The zero-order valence-electron chi connectivity index (χ0n) is 10.7. The van der Waals surface area contributed by atoms with Crippen LogP contribution in [0.1, 0.15) is 15.9 Å². The summed E-state index contributed by atoms with van der Waals surface area (Å²) in [5, 5.41) is 10.4. The molecule has 5 nitrogen and oxygen atoms in total. The minimum atomic E-state index is -0.580. The zero-order chi connectivity index (χ0) is 15.2. The van der Waals surface area contributed by atoms with Crippen LogP contribution in [0.4, 0.5) is 0 Å². The fraction of sp³-hybridized carbons (Fsp3) is 0. The summed E-state index contributed by atoms with van der Waals surface area (Å²) in [7, 11) is 0. The van der Waals surface area contributed by atoms with Crippen LogP contribution in [0, 0.1) is 10.1 Å². The molecule has 0 heterocycles. The first-order chi connectivity index (χ1) is 10.1. The number of carbonyl (C=O) groups excluding carboxylic acids is 1. The van der Waals surface area contributed by atoms with Gasteiger partial charge < -0.3 is 4.74 Å². The van der Waals surface area contributed by atoms with Gasteiger partial charge in [0.1, 0.15) is 5.75 Å². The number of hydrogen-bond donors (Lipinski definition) is 0. The molecule has 0 aliphatic heterocycles. The first-order valence-corrected chi connectivity index (χ1v) is 6.74. The van der Waals surface area contributed by atoms with Gasteiger partial charge in [-0.2, -0.15) is 0 Å². The highest BCUT2D eigenvalue weighted by atomic mass is 79.9. The molecule has 106 valence electrons. The number of ether oxygens (including phenoxy) is 1. The summed E-state index contributed by atoms with van der Waals surface area (Å²) in [6, 6.07) is 13.4. The highest BCUT2D eigenvalue weighted by molar-refractivity contribution is 9.10. The van der Waals surface area contributed by atoms with Gasteiger partial charge in [-0.3, -0.25) is 10.1 Å². The highest BCUT2D eigenvalue weighted by Gasteiger charge is 2.11. The maximum Gasteiger partial charge on any atom is 0.343 e. The number of benzene rings is 2. The zero-order valence-corrected chi connectivity index (χ0v) is 12.3. The van der Waals surface area contributed by atoms with Crippen molar-refractivity contribution < 1.29 is 14.5 Å². The summed E-state index contributed by atoms with van der Waals surface area (Å²) < 4.78 is 6.01. The first-order valence-electron chi connectivity index (χ1n) is 5.95. The predicted octanol–water partition coefficient (Wildman–Crippen LogP) is 3.92. The van der Waals surface area contributed by atoms with Crippen molar-refractivity contribution in [1.82, 2.24) is 0 Å². The Morgan fingerprint density at radius 3 is 2.57 bits per heavy atom. The fourth-order valence-corrected chi connectivity index (χ4v) is 2.00. The average Bonchev–Trinajstić information content (AvgIpc) is 2.48.